The van der Waals surface area contributed by atoms with Crippen LogP contribution in [0.5, 0.6) is 0 Å². The Morgan fingerprint density at radius 2 is 1.83 bits per heavy atom. The highest BCUT2D eigenvalue weighted by Crippen LogP contribution is 2.33. The van der Waals surface area contributed by atoms with E-state index in [0.29, 0.717) is 11.8 Å². The summed E-state index contributed by atoms with van der Waals surface area (Å²) in [4.78, 5) is 11.4. The number of amides is 1. The lowest BCUT2D eigenvalue weighted by atomic mass is 10.1. The van der Waals surface area contributed by atoms with Crippen molar-refractivity contribution in [3.63, 3.8) is 0 Å². The summed E-state index contributed by atoms with van der Waals surface area (Å²) in [5.41, 5.74) is -1.97. The summed E-state index contributed by atoms with van der Waals surface area (Å²) in [6, 6.07) is 11.7. The van der Waals surface area contributed by atoms with Gasteiger partial charge in [0.25, 0.3) is 15.9 Å². The Kier molecular flexibility index (Phi) is 5.08. The molecule has 0 bridgehead atoms. The molecule has 1 aromatic heterocycles. The van der Waals surface area contributed by atoms with Gasteiger partial charge >= 0.3 is 6.18 Å². The summed E-state index contributed by atoms with van der Waals surface area (Å²) in [6.07, 6.45) is -3.78. The van der Waals surface area contributed by atoms with Crippen molar-refractivity contribution in [1.29, 1.82) is 5.26 Å². The van der Waals surface area contributed by atoms with Gasteiger partial charge in [-0.1, -0.05) is 23.4 Å². The second-order valence-corrected chi connectivity index (χ2v) is 7.32. The van der Waals surface area contributed by atoms with Crippen LogP contribution in [0.1, 0.15) is 21.6 Å². The minimum atomic E-state index is -4.95. The number of rotatable bonds is 4. The Labute approximate surface area is 162 Å². The molecule has 2 aromatic carbocycles. The Morgan fingerprint density at radius 1 is 1.14 bits per heavy atom. The Hall–Kier alpha value is -3.72. The van der Waals surface area contributed by atoms with Crippen molar-refractivity contribution in [3.05, 3.63) is 71.5 Å². The topological polar surface area (TPSA) is 118 Å². The van der Waals surface area contributed by atoms with Crippen molar-refractivity contribution >= 4 is 15.9 Å². The Bertz CT molecular complexity index is 1220. The van der Waals surface area contributed by atoms with Gasteiger partial charge in [-0.2, -0.15) is 18.4 Å². The first kappa shape index (κ1) is 20.0. The average molecular weight is 421 g/mol. The molecule has 0 saturated heterocycles. The molecule has 0 atom stereocenters. The molecule has 0 spiro atoms. The number of hydrogen-bond acceptors (Lipinski definition) is 6. The van der Waals surface area contributed by atoms with Crippen molar-refractivity contribution in [2.75, 3.05) is 0 Å². The summed E-state index contributed by atoms with van der Waals surface area (Å²) in [6.45, 7) is 0. The first-order chi connectivity index (χ1) is 13.6. The summed E-state index contributed by atoms with van der Waals surface area (Å²) in [5.74, 6) is -1.18. The van der Waals surface area contributed by atoms with Crippen LogP contribution in [-0.4, -0.2) is 29.3 Å². The Balaban J connectivity index is 1.88. The van der Waals surface area contributed by atoms with Crippen molar-refractivity contribution in [1.82, 2.24) is 19.7 Å². The number of nitrogens with one attached hydrogen (secondary N) is 1. The van der Waals surface area contributed by atoms with Crippen LogP contribution in [0, 0.1) is 11.3 Å². The molecule has 0 aliphatic rings. The molecule has 12 heteroatoms. The van der Waals surface area contributed by atoms with E-state index in [-0.39, 0.29) is 11.8 Å². The third kappa shape index (κ3) is 4.25. The maximum Gasteiger partial charge on any atom is 0.417 e. The first-order valence-electron chi connectivity index (χ1n) is 7.78. The zero-order valence-electron chi connectivity index (χ0n) is 14.3. The molecular weight excluding hydrogens is 411 g/mol. The monoisotopic (exact) mass is 421 g/mol. The fourth-order valence-electron chi connectivity index (χ4n) is 2.33. The first-order valence-corrected chi connectivity index (χ1v) is 9.26. The van der Waals surface area contributed by atoms with E-state index in [1.54, 1.807) is 35.1 Å². The van der Waals surface area contributed by atoms with E-state index in [4.69, 9.17) is 5.26 Å². The number of aromatic nitrogens is 3. The second-order valence-electron chi connectivity index (χ2n) is 5.64. The van der Waals surface area contributed by atoms with Gasteiger partial charge < -0.3 is 0 Å². The number of para-hydroxylation sites is 1. The Morgan fingerprint density at radius 3 is 2.45 bits per heavy atom. The number of alkyl halides is 3. The molecule has 1 heterocycles. The highest BCUT2D eigenvalue weighted by molar-refractivity contribution is 7.90. The lowest BCUT2D eigenvalue weighted by Gasteiger charge is -2.11. The van der Waals surface area contributed by atoms with E-state index in [2.05, 4.69) is 10.3 Å². The standard InChI is InChI=1S/C17H10F3N5O3S/c18-17(19,20)14-8-13(7-6-11(14)9-21)29(27,28)23-16(26)15-10-25(24-22-15)12-4-2-1-3-5-12/h1-8,10H,(H,23,26). The van der Waals surface area contributed by atoms with E-state index in [1.807, 2.05) is 0 Å². The molecule has 1 N–H and O–H groups in total. The van der Waals surface area contributed by atoms with Gasteiger partial charge in [0.15, 0.2) is 5.69 Å². The predicted octanol–water partition coefficient (Wildman–Crippen LogP) is 2.28. The minimum absolute atomic E-state index is 0.287. The zero-order chi connectivity index (χ0) is 21.2. The highest BCUT2D eigenvalue weighted by atomic mass is 32.2. The fourth-order valence-corrected chi connectivity index (χ4v) is 3.32. The van der Waals surface area contributed by atoms with Gasteiger partial charge in [0.2, 0.25) is 0 Å². The number of benzene rings is 2. The van der Waals surface area contributed by atoms with Crippen LogP contribution in [0.25, 0.3) is 5.69 Å². The normalized spacial score (nSPS) is 11.7. The number of nitriles is 1. The highest BCUT2D eigenvalue weighted by Gasteiger charge is 2.35. The van der Waals surface area contributed by atoms with E-state index in [1.165, 1.54) is 16.9 Å². The molecule has 0 aliphatic heterocycles. The van der Waals surface area contributed by atoms with Gasteiger partial charge in [0.1, 0.15) is 0 Å². The molecule has 148 valence electrons. The van der Waals surface area contributed by atoms with Gasteiger partial charge in [-0.25, -0.2) is 17.8 Å². The summed E-state index contributed by atoms with van der Waals surface area (Å²) in [5, 5.41) is 16.1. The van der Waals surface area contributed by atoms with Gasteiger partial charge in [-0.3, -0.25) is 4.79 Å². The smallest absolute Gasteiger partial charge is 0.266 e. The molecule has 3 aromatic rings. The van der Waals surface area contributed by atoms with Crippen LogP contribution in [0.3, 0.4) is 0 Å². The number of hydrogen-bond donors (Lipinski definition) is 1. The summed E-state index contributed by atoms with van der Waals surface area (Å²) in [7, 11) is -4.66. The molecule has 0 fully saturated rings. The third-order valence-corrected chi connectivity index (χ3v) is 5.03. The van der Waals surface area contributed by atoms with Crippen LogP contribution in [0.15, 0.2) is 59.6 Å². The molecule has 0 radical (unpaired) electrons. The molecule has 0 aliphatic carbocycles. The van der Waals surface area contributed by atoms with E-state index in [9.17, 15) is 26.4 Å². The van der Waals surface area contributed by atoms with Crippen molar-refractivity contribution in [2.45, 2.75) is 11.1 Å². The number of carbonyl (C=O) groups is 1. The SMILES string of the molecule is N#Cc1ccc(S(=O)(=O)NC(=O)c2cn(-c3ccccc3)nn2)cc1C(F)(F)F. The van der Waals surface area contributed by atoms with E-state index < -0.39 is 38.1 Å². The largest absolute Gasteiger partial charge is 0.417 e. The fraction of sp³-hybridized carbons (Fsp3) is 0.0588. The van der Waals surface area contributed by atoms with Crippen molar-refractivity contribution in [3.8, 4) is 11.8 Å². The third-order valence-electron chi connectivity index (χ3n) is 3.70. The molecule has 0 saturated carbocycles. The van der Waals surface area contributed by atoms with E-state index in [0.717, 1.165) is 6.07 Å². The second kappa shape index (κ2) is 7.36. The van der Waals surface area contributed by atoms with Gasteiger partial charge in [0.05, 0.1) is 34.0 Å². The van der Waals surface area contributed by atoms with E-state index >= 15 is 0 Å². The molecule has 3 rings (SSSR count). The molecular formula is C17H10F3N5O3S. The summed E-state index contributed by atoms with van der Waals surface area (Å²) >= 11 is 0. The van der Waals surface area contributed by atoms with Crippen LogP contribution in [-0.2, 0) is 16.2 Å². The van der Waals surface area contributed by atoms with Crippen molar-refractivity contribution < 1.29 is 26.4 Å². The molecule has 0 unspecified atom stereocenters. The predicted molar refractivity (Wildman–Crippen MR) is 92.2 cm³/mol. The minimum Gasteiger partial charge on any atom is -0.266 e. The number of nitrogens with zero attached hydrogens (tertiary/aromatic N) is 4. The molecule has 29 heavy (non-hydrogen) atoms. The van der Waals surface area contributed by atoms with Crippen molar-refractivity contribution in [2.24, 2.45) is 0 Å². The zero-order valence-corrected chi connectivity index (χ0v) is 15.1. The van der Waals surface area contributed by atoms with Crippen LogP contribution in [0.4, 0.5) is 13.2 Å². The molecule has 1 amide bonds. The number of sulfonamides is 1. The maximum atomic E-state index is 13.0. The van der Waals surface area contributed by atoms with Gasteiger partial charge in [-0.15, -0.1) is 5.10 Å². The van der Waals surface area contributed by atoms with Crippen LogP contribution >= 0.6 is 0 Å². The van der Waals surface area contributed by atoms with Crippen LogP contribution in [0.2, 0.25) is 0 Å². The van der Waals surface area contributed by atoms with Gasteiger partial charge in [0, 0.05) is 0 Å². The lowest BCUT2D eigenvalue weighted by molar-refractivity contribution is -0.137. The molecule has 8 nitrogen and oxygen atoms in total. The number of carbonyl (C=O) groups excluding carboxylic acids is 1. The van der Waals surface area contributed by atoms with Crippen LogP contribution < -0.4 is 4.72 Å². The lowest BCUT2D eigenvalue weighted by Crippen LogP contribution is -2.31. The maximum absolute atomic E-state index is 13.0. The number of halogens is 3. The average Bonchev–Trinajstić information content (AvgIpc) is 3.17. The van der Waals surface area contributed by atoms with Gasteiger partial charge in [-0.05, 0) is 30.3 Å². The quantitative estimate of drug-likeness (QED) is 0.691. The summed E-state index contributed by atoms with van der Waals surface area (Å²) < 4.78 is 66.7.